The Morgan fingerprint density at radius 1 is 0.974 bits per heavy atom. The van der Waals surface area contributed by atoms with Gasteiger partial charge in [-0.05, 0) is 43.2 Å². The second-order valence-electron chi connectivity index (χ2n) is 9.93. The molecule has 12 heteroatoms. The molecule has 4 rings (SSSR count). The van der Waals surface area contributed by atoms with Crippen LogP contribution in [0, 0.1) is 24.0 Å². The standard InChI is InChI=1S/C26H24F3N5O4/c1-14-6-15(2)8-18(7-14)38-19-10-16(9-17(11-19)34(36)37)30-24(35)20-12-23-31-21(25(3,4)5)13-22(26(27,28)29)33(23)32-20/h6-13H,1-5H3,(H,30,35). The molecule has 0 unspecified atom stereocenters. The predicted octanol–water partition coefficient (Wildman–Crippen LogP) is 6.62. The molecule has 0 saturated heterocycles. The van der Waals surface area contributed by atoms with Crippen molar-refractivity contribution in [1.29, 1.82) is 0 Å². The topological polar surface area (TPSA) is 112 Å². The number of rotatable bonds is 5. The van der Waals surface area contributed by atoms with E-state index in [1.165, 1.54) is 12.1 Å². The predicted molar refractivity (Wildman–Crippen MR) is 134 cm³/mol. The average molecular weight is 528 g/mol. The Labute approximate surface area is 215 Å². The number of nitro benzene ring substituents is 1. The summed E-state index contributed by atoms with van der Waals surface area (Å²) < 4.78 is 47.7. The molecule has 0 aliphatic rings. The molecule has 1 N–H and O–H groups in total. The molecule has 0 radical (unpaired) electrons. The van der Waals surface area contributed by atoms with Crippen LogP contribution < -0.4 is 10.1 Å². The number of non-ortho nitro benzene ring substituents is 1. The van der Waals surface area contributed by atoms with Gasteiger partial charge in [-0.25, -0.2) is 9.50 Å². The van der Waals surface area contributed by atoms with Gasteiger partial charge in [0.2, 0.25) is 0 Å². The minimum absolute atomic E-state index is 0.0000146. The summed E-state index contributed by atoms with van der Waals surface area (Å²) in [6.07, 6.45) is -4.75. The molecule has 2 heterocycles. The molecule has 0 saturated carbocycles. The molecular weight excluding hydrogens is 503 g/mol. The molecule has 2 aromatic heterocycles. The van der Waals surface area contributed by atoms with E-state index in [0.29, 0.717) is 10.3 Å². The number of nitrogens with zero attached hydrogens (tertiary/aromatic N) is 4. The Kier molecular flexibility index (Phi) is 6.60. The van der Waals surface area contributed by atoms with Crippen molar-refractivity contribution >= 4 is 22.9 Å². The molecule has 9 nitrogen and oxygen atoms in total. The molecule has 0 spiro atoms. The highest BCUT2D eigenvalue weighted by Crippen LogP contribution is 2.33. The number of nitrogens with one attached hydrogen (secondary N) is 1. The molecule has 4 aromatic rings. The number of carbonyl (C=O) groups excluding carboxylic acids is 1. The van der Waals surface area contributed by atoms with Crippen LogP contribution >= 0.6 is 0 Å². The first kappa shape index (κ1) is 26.6. The number of fused-ring (bicyclic) bond motifs is 1. The van der Waals surface area contributed by atoms with Crippen LogP contribution in [0.15, 0.2) is 48.5 Å². The van der Waals surface area contributed by atoms with Crippen LogP contribution in [0.5, 0.6) is 11.5 Å². The number of benzene rings is 2. The Morgan fingerprint density at radius 2 is 1.61 bits per heavy atom. The first-order valence-electron chi connectivity index (χ1n) is 11.5. The van der Waals surface area contributed by atoms with Gasteiger partial charge in [-0.1, -0.05) is 26.8 Å². The lowest BCUT2D eigenvalue weighted by Gasteiger charge is -2.19. The summed E-state index contributed by atoms with van der Waals surface area (Å²) in [6, 6.07) is 11.1. The Balaban J connectivity index is 1.70. The van der Waals surface area contributed by atoms with Crippen molar-refractivity contribution in [2.24, 2.45) is 0 Å². The minimum Gasteiger partial charge on any atom is -0.457 e. The van der Waals surface area contributed by atoms with Crippen molar-refractivity contribution in [3.63, 3.8) is 0 Å². The quantitative estimate of drug-likeness (QED) is 0.231. The van der Waals surface area contributed by atoms with E-state index in [1.54, 1.807) is 32.9 Å². The molecule has 38 heavy (non-hydrogen) atoms. The Morgan fingerprint density at radius 3 is 2.18 bits per heavy atom. The van der Waals surface area contributed by atoms with E-state index in [2.05, 4.69) is 15.4 Å². The molecule has 1 amide bonds. The van der Waals surface area contributed by atoms with Crippen LogP contribution in [0.3, 0.4) is 0 Å². The lowest BCUT2D eigenvalue weighted by Crippen LogP contribution is -2.20. The van der Waals surface area contributed by atoms with E-state index in [0.717, 1.165) is 29.3 Å². The molecule has 2 aromatic carbocycles. The maximum absolute atomic E-state index is 13.8. The fourth-order valence-electron chi connectivity index (χ4n) is 3.81. The van der Waals surface area contributed by atoms with Gasteiger partial charge >= 0.3 is 6.18 Å². The maximum Gasteiger partial charge on any atom is 0.433 e. The average Bonchev–Trinajstić information content (AvgIpc) is 3.20. The highest BCUT2D eigenvalue weighted by atomic mass is 19.4. The fourth-order valence-corrected chi connectivity index (χ4v) is 3.81. The summed E-state index contributed by atoms with van der Waals surface area (Å²) in [7, 11) is 0. The van der Waals surface area contributed by atoms with Gasteiger partial charge in [-0.3, -0.25) is 14.9 Å². The van der Waals surface area contributed by atoms with E-state index in [-0.39, 0.29) is 34.2 Å². The van der Waals surface area contributed by atoms with E-state index in [9.17, 15) is 28.1 Å². The van der Waals surface area contributed by atoms with Gasteiger partial charge < -0.3 is 10.1 Å². The number of aromatic nitrogens is 3. The third kappa shape index (κ3) is 5.74. The van der Waals surface area contributed by atoms with Crippen LogP contribution in [0.25, 0.3) is 5.65 Å². The van der Waals surface area contributed by atoms with Crippen molar-refractivity contribution in [1.82, 2.24) is 14.6 Å². The number of alkyl halides is 3. The summed E-state index contributed by atoms with van der Waals surface area (Å²) in [5.41, 5.74) is -0.608. The zero-order valence-electron chi connectivity index (χ0n) is 21.2. The third-order valence-electron chi connectivity index (χ3n) is 5.51. The highest BCUT2D eigenvalue weighted by Gasteiger charge is 2.36. The summed E-state index contributed by atoms with van der Waals surface area (Å²) in [4.78, 5) is 28.1. The van der Waals surface area contributed by atoms with Crippen molar-refractivity contribution in [2.75, 3.05) is 5.32 Å². The summed E-state index contributed by atoms with van der Waals surface area (Å²) in [5.74, 6) is -0.342. The monoisotopic (exact) mass is 527 g/mol. The number of hydrogen-bond donors (Lipinski definition) is 1. The fraction of sp³-hybridized carbons (Fsp3) is 0.269. The van der Waals surface area contributed by atoms with E-state index in [4.69, 9.17) is 4.74 Å². The summed E-state index contributed by atoms with van der Waals surface area (Å²) in [6.45, 7) is 8.90. The minimum atomic E-state index is -4.75. The zero-order valence-corrected chi connectivity index (χ0v) is 21.2. The van der Waals surface area contributed by atoms with Gasteiger partial charge in [0, 0.05) is 23.6 Å². The van der Waals surface area contributed by atoms with Crippen molar-refractivity contribution in [2.45, 2.75) is 46.2 Å². The SMILES string of the molecule is Cc1cc(C)cc(Oc2cc(NC(=O)c3cc4nc(C(C)(C)C)cc(C(F)(F)F)n4n3)cc([N+](=O)[O-])c2)c1. The van der Waals surface area contributed by atoms with E-state index < -0.39 is 28.1 Å². The van der Waals surface area contributed by atoms with E-state index >= 15 is 0 Å². The van der Waals surface area contributed by atoms with Gasteiger partial charge in [0.15, 0.2) is 11.3 Å². The number of nitro groups is 1. The molecule has 0 aliphatic heterocycles. The lowest BCUT2D eigenvalue weighted by atomic mass is 9.91. The maximum atomic E-state index is 13.8. The van der Waals surface area contributed by atoms with Crippen LogP contribution in [0.4, 0.5) is 24.5 Å². The normalized spacial score (nSPS) is 12.0. The van der Waals surface area contributed by atoms with Crippen molar-refractivity contribution in [3.8, 4) is 11.5 Å². The van der Waals surface area contributed by atoms with Gasteiger partial charge in [0.1, 0.15) is 17.2 Å². The number of carbonyl (C=O) groups is 1. The summed E-state index contributed by atoms with van der Waals surface area (Å²) >= 11 is 0. The molecule has 0 atom stereocenters. The van der Waals surface area contributed by atoms with Crippen LogP contribution in [-0.4, -0.2) is 25.4 Å². The third-order valence-corrected chi connectivity index (χ3v) is 5.51. The number of anilines is 1. The first-order chi connectivity index (χ1) is 17.6. The number of hydrogen-bond acceptors (Lipinski definition) is 6. The van der Waals surface area contributed by atoms with Crippen molar-refractivity contribution < 1.29 is 27.6 Å². The number of amides is 1. The molecular formula is C26H24F3N5O4. The van der Waals surface area contributed by atoms with Crippen LogP contribution in [0.1, 0.15) is 53.8 Å². The summed E-state index contributed by atoms with van der Waals surface area (Å²) in [5, 5.41) is 17.8. The van der Waals surface area contributed by atoms with E-state index in [1.807, 2.05) is 19.9 Å². The smallest absolute Gasteiger partial charge is 0.433 e. The van der Waals surface area contributed by atoms with Gasteiger partial charge in [-0.2, -0.15) is 18.3 Å². The second kappa shape index (κ2) is 9.43. The molecule has 198 valence electrons. The number of aryl methyl sites for hydroxylation is 2. The second-order valence-corrected chi connectivity index (χ2v) is 9.93. The number of ether oxygens (including phenoxy) is 1. The Hall–Kier alpha value is -4.48. The zero-order chi connectivity index (χ0) is 28.0. The van der Waals surface area contributed by atoms with Gasteiger partial charge in [0.05, 0.1) is 22.4 Å². The Bertz CT molecular complexity index is 1550. The lowest BCUT2D eigenvalue weighted by molar-refractivity contribution is -0.384. The van der Waals surface area contributed by atoms with Gasteiger partial charge in [0.25, 0.3) is 11.6 Å². The van der Waals surface area contributed by atoms with Crippen molar-refractivity contribution in [3.05, 3.63) is 86.9 Å². The number of halogens is 3. The largest absolute Gasteiger partial charge is 0.457 e. The first-order valence-corrected chi connectivity index (χ1v) is 11.5. The van der Waals surface area contributed by atoms with Crippen LogP contribution in [-0.2, 0) is 11.6 Å². The molecule has 0 bridgehead atoms. The molecule has 0 aliphatic carbocycles. The van der Waals surface area contributed by atoms with Crippen LogP contribution in [0.2, 0.25) is 0 Å². The molecule has 0 fully saturated rings. The highest BCUT2D eigenvalue weighted by molar-refractivity contribution is 6.03. The van der Waals surface area contributed by atoms with Gasteiger partial charge in [-0.15, -0.1) is 0 Å².